The first kappa shape index (κ1) is 11.0. The SMILES string of the molecule is C#CCNC(=O)c1ccccc1-c1ccco1. The minimum atomic E-state index is -0.199. The van der Waals surface area contributed by atoms with E-state index in [0.717, 1.165) is 5.56 Å². The van der Waals surface area contributed by atoms with Crippen molar-refractivity contribution < 1.29 is 9.21 Å². The van der Waals surface area contributed by atoms with E-state index in [4.69, 9.17) is 10.8 Å². The highest BCUT2D eigenvalue weighted by Crippen LogP contribution is 2.23. The molecule has 0 spiro atoms. The van der Waals surface area contributed by atoms with Crippen molar-refractivity contribution in [2.24, 2.45) is 0 Å². The molecule has 0 saturated heterocycles. The summed E-state index contributed by atoms with van der Waals surface area (Å²) in [5.41, 5.74) is 1.31. The van der Waals surface area contributed by atoms with E-state index in [1.807, 2.05) is 18.2 Å². The molecule has 1 heterocycles. The van der Waals surface area contributed by atoms with Crippen LogP contribution in [-0.2, 0) is 0 Å². The van der Waals surface area contributed by atoms with Crippen molar-refractivity contribution >= 4 is 5.91 Å². The van der Waals surface area contributed by atoms with Gasteiger partial charge in [0.05, 0.1) is 18.4 Å². The van der Waals surface area contributed by atoms with Gasteiger partial charge in [-0.1, -0.05) is 24.1 Å². The molecule has 84 valence electrons. The number of amides is 1. The number of rotatable bonds is 3. The summed E-state index contributed by atoms with van der Waals surface area (Å²) >= 11 is 0. The van der Waals surface area contributed by atoms with Crippen molar-refractivity contribution in [3.8, 4) is 23.7 Å². The number of terminal acetylenes is 1. The molecule has 0 radical (unpaired) electrons. The van der Waals surface area contributed by atoms with Gasteiger partial charge in [-0.05, 0) is 18.2 Å². The molecule has 17 heavy (non-hydrogen) atoms. The van der Waals surface area contributed by atoms with Gasteiger partial charge in [0.1, 0.15) is 5.76 Å². The maximum Gasteiger partial charge on any atom is 0.252 e. The van der Waals surface area contributed by atoms with E-state index in [2.05, 4.69) is 11.2 Å². The van der Waals surface area contributed by atoms with Crippen LogP contribution in [0.2, 0.25) is 0 Å². The number of benzene rings is 1. The first-order valence-corrected chi connectivity index (χ1v) is 5.17. The molecule has 3 nitrogen and oxygen atoms in total. The van der Waals surface area contributed by atoms with E-state index in [-0.39, 0.29) is 12.5 Å². The molecule has 0 fully saturated rings. The lowest BCUT2D eigenvalue weighted by atomic mass is 10.0. The van der Waals surface area contributed by atoms with E-state index in [1.165, 1.54) is 0 Å². The van der Waals surface area contributed by atoms with Crippen LogP contribution in [-0.4, -0.2) is 12.5 Å². The summed E-state index contributed by atoms with van der Waals surface area (Å²) in [5, 5.41) is 2.63. The Labute approximate surface area is 99.5 Å². The van der Waals surface area contributed by atoms with Gasteiger partial charge in [-0.25, -0.2) is 0 Å². The zero-order valence-electron chi connectivity index (χ0n) is 9.14. The summed E-state index contributed by atoms with van der Waals surface area (Å²) in [7, 11) is 0. The number of nitrogens with one attached hydrogen (secondary N) is 1. The standard InChI is InChI=1S/C14H11NO2/c1-2-9-15-14(16)12-7-4-3-6-11(12)13-8-5-10-17-13/h1,3-8,10H,9H2,(H,15,16). The van der Waals surface area contributed by atoms with Crippen LogP contribution >= 0.6 is 0 Å². The van der Waals surface area contributed by atoms with Crippen LogP contribution in [0.3, 0.4) is 0 Å². The Morgan fingerprint density at radius 3 is 2.82 bits per heavy atom. The van der Waals surface area contributed by atoms with Gasteiger partial charge >= 0.3 is 0 Å². The molecule has 3 heteroatoms. The van der Waals surface area contributed by atoms with Crippen molar-refractivity contribution in [1.29, 1.82) is 0 Å². The number of carbonyl (C=O) groups is 1. The second-order valence-corrected chi connectivity index (χ2v) is 3.41. The molecule has 2 rings (SSSR count). The molecule has 0 aliphatic carbocycles. The molecule has 0 saturated carbocycles. The largest absolute Gasteiger partial charge is 0.464 e. The molecule has 2 aromatic rings. The van der Waals surface area contributed by atoms with Gasteiger partial charge in [0.15, 0.2) is 0 Å². The van der Waals surface area contributed by atoms with E-state index in [1.54, 1.807) is 24.5 Å². The lowest BCUT2D eigenvalue weighted by Gasteiger charge is -2.06. The van der Waals surface area contributed by atoms with Gasteiger partial charge < -0.3 is 9.73 Å². The van der Waals surface area contributed by atoms with Crippen LogP contribution in [0.1, 0.15) is 10.4 Å². The highest BCUT2D eigenvalue weighted by Gasteiger charge is 2.12. The fraction of sp³-hybridized carbons (Fsp3) is 0.0714. The van der Waals surface area contributed by atoms with Crippen molar-refractivity contribution in [2.75, 3.05) is 6.54 Å². The fourth-order valence-electron chi connectivity index (χ4n) is 1.55. The zero-order valence-corrected chi connectivity index (χ0v) is 9.14. The summed E-state index contributed by atoms with van der Waals surface area (Å²) in [6, 6.07) is 10.8. The molecule has 1 amide bonds. The second-order valence-electron chi connectivity index (χ2n) is 3.41. The van der Waals surface area contributed by atoms with Crippen LogP contribution in [0.15, 0.2) is 47.1 Å². The first-order valence-electron chi connectivity index (χ1n) is 5.17. The monoisotopic (exact) mass is 225 g/mol. The molecule has 0 unspecified atom stereocenters. The third-order valence-electron chi connectivity index (χ3n) is 2.31. The topological polar surface area (TPSA) is 42.2 Å². The summed E-state index contributed by atoms with van der Waals surface area (Å²) in [6.45, 7) is 0.214. The molecule has 1 aromatic heterocycles. The minimum Gasteiger partial charge on any atom is -0.464 e. The van der Waals surface area contributed by atoms with Gasteiger partial charge in [0.2, 0.25) is 0 Å². The predicted octanol–water partition coefficient (Wildman–Crippen LogP) is 2.31. The van der Waals surface area contributed by atoms with E-state index < -0.39 is 0 Å². The number of carbonyl (C=O) groups excluding carboxylic acids is 1. The molecular weight excluding hydrogens is 214 g/mol. The predicted molar refractivity (Wildman–Crippen MR) is 65.3 cm³/mol. The smallest absolute Gasteiger partial charge is 0.252 e. The summed E-state index contributed by atoms with van der Waals surface area (Å²) in [6.07, 6.45) is 6.68. The Morgan fingerprint density at radius 2 is 2.12 bits per heavy atom. The van der Waals surface area contributed by atoms with E-state index in [9.17, 15) is 4.79 Å². The summed E-state index contributed by atoms with van der Waals surface area (Å²) in [5.74, 6) is 2.83. The highest BCUT2D eigenvalue weighted by atomic mass is 16.3. The molecule has 1 aromatic carbocycles. The van der Waals surface area contributed by atoms with Crippen LogP contribution in [0.25, 0.3) is 11.3 Å². The maximum atomic E-state index is 11.9. The number of hydrogen-bond donors (Lipinski definition) is 1. The third-order valence-corrected chi connectivity index (χ3v) is 2.31. The second kappa shape index (κ2) is 5.04. The lowest BCUT2D eigenvalue weighted by molar-refractivity contribution is 0.0959. The summed E-state index contributed by atoms with van der Waals surface area (Å²) in [4.78, 5) is 11.9. The van der Waals surface area contributed by atoms with Crippen molar-refractivity contribution in [3.05, 3.63) is 48.2 Å². The summed E-state index contributed by atoms with van der Waals surface area (Å²) < 4.78 is 5.29. The van der Waals surface area contributed by atoms with Gasteiger partial charge in [-0.15, -0.1) is 6.42 Å². The van der Waals surface area contributed by atoms with Crippen LogP contribution in [0.5, 0.6) is 0 Å². The molecular formula is C14H11NO2. The first-order chi connectivity index (χ1) is 8.33. The number of hydrogen-bond acceptors (Lipinski definition) is 2. The van der Waals surface area contributed by atoms with Gasteiger partial charge in [-0.2, -0.15) is 0 Å². The highest BCUT2D eigenvalue weighted by molar-refractivity contribution is 6.00. The van der Waals surface area contributed by atoms with Crippen molar-refractivity contribution in [3.63, 3.8) is 0 Å². The average molecular weight is 225 g/mol. The van der Waals surface area contributed by atoms with E-state index >= 15 is 0 Å². The third kappa shape index (κ3) is 2.37. The molecule has 0 aliphatic rings. The maximum absolute atomic E-state index is 11.9. The zero-order chi connectivity index (χ0) is 12.1. The van der Waals surface area contributed by atoms with Crippen LogP contribution < -0.4 is 5.32 Å². The molecule has 0 aliphatic heterocycles. The van der Waals surface area contributed by atoms with Crippen molar-refractivity contribution in [1.82, 2.24) is 5.32 Å². The Bertz CT molecular complexity index is 550. The normalized spacial score (nSPS) is 9.59. The Balaban J connectivity index is 2.35. The number of furan rings is 1. The Morgan fingerprint density at radius 1 is 1.29 bits per heavy atom. The average Bonchev–Trinajstić information content (AvgIpc) is 2.89. The molecule has 0 atom stereocenters. The van der Waals surface area contributed by atoms with Gasteiger partial charge in [-0.3, -0.25) is 4.79 Å². The minimum absolute atomic E-state index is 0.199. The molecule has 1 N–H and O–H groups in total. The van der Waals surface area contributed by atoms with Crippen molar-refractivity contribution in [2.45, 2.75) is 0 Å². The Kier molecular flexibility index (Phi) is 3.27. The lowest BCUT2D eigenvalue weighted by Crippen LogP contribution is -2.24. The molecule has 0 bridgehead atoms. The van der Waals surface area contributed by atoms with Crippen LogP contribution in [0.4, 0.5) is 0 Å². The Hall–Kier alpha value is -2.47. The van der Waals surface area contributed by atoms with Gasteiger partial charge in [0.25, 0.3) is 5.91 Å². The van der Waals surface area contributed by atoms with E-state index in [0.29, 0.717) is 11.3 Å². The van der Waals surface area contributed by atoms with Crippen LogP contribution in [0, 0.1) is 12.3 Å². The fourth-order valence-corrected chi connectivity index (χ4v) is 1.55. The van der Waals surface area contributed by atoms with Gasteiger partial charge in [0, 0.05) is 5.56 Å². The quantitative estimate of drug-likeness (QED) is 0.814.